The van der Waals surface area contributed by atoms with E-state index in [1.54, 1.807) is 0 Å². The van der Waals surface area contributed by atoms with Crippen molar-refractivity contribution in [3.8, 4) is 0 Å². The Morgan fingerprint density at radius 2 is 2.07 bits per heavy atom. The normalized spacial score (nSPS) is 14.0. The van der Waals surface area contributed by atoms with E-state index in [9.17, 15) is 4.79 Å². The van der Waals surface area contributed by atoms with E-state index in [1.165, 1.54) is 0 Å². The standard InChI is InChI=1S/C10H21NO3/c1-5-6-7-8(9(12)13)11-14-10(2,3)4/h8,11H,5-7H2,1-4H3,(H,12,13)/t8-/m0/s1. The Morgan fingerprint density at radius 1 is 1.50 bits per heavy atom. The van der Waals surface area contributed by atoms with Gasteiger partial charge in [-0.25, -0.2) is 0 Å². The molecule has 2 N–H and O–H groups in total. The van der Waals surface area contributed by atoms with Crippen LogP contribution in [-0.2, 0) is 9.63 Å². The molecule has 0 fully saturated rings. The fourth-order valence-electron chi connectivity index (χ4n) is 0.889. The van der Waals surface area contributed by atoms with E-state index >= 15 is 0 Å². The summed E-state index contributed by atoms with van der Waals surface area (Å²) in [6.45, 7) is 7.65. The summed E-state index contributed by atoms with van der Waals surface area (Å²) in [5.41, 5.74) is 2.23. The first-order chi connectivity index (χ1) is 6.37. The van der Waals surface area contributed by atoms with Crippen LogP contribution in [0.2, 0.25) is 0 Å². The molecule has 0 rings (SSSR count). The van der Waals surface area contributed by atoms with Crippen molar-refractivity contribution in [2.45, 2.75) is 58.6 Å². The summed E-state index contributed by atoms with van der Waals surface area (Å²) < 4.78 is 0. The second-order valence-electron chi connectivity index (χ2n) is 4.37. The summed E-state index contributed by atoms with van der Waals surface area (Å²) >= 11 is 0. The van der Waals surface area contributed by atoms with Gasteiger partial charge in [0, 0.05) is 0 Å². The molecule has 14 heavy (non-hydrogen) atoms. The highest BCUT2D eigenvalue weighted by atomic mass is 16.7. The number of carboxylic acids is 1. The fraction of sp³-hybridized carbons (Fsp3) is 0.900. The van der Waals surface area contributed by atoms with Crippen molar-refractivity contribution in [3.05, 3.63) is 0 Å². The number of aliphatic carboxylic acids is 1. The summed E-state index contributed by atoms with van der Waals surface area (Å²) in [6.07, 6.45) is 2.47. The van der Waals surface area contributed by atoms with E-state index in [0.29, 0.717) is 6.42 Å². The molecule has 4 nitrogen and oxygen atoms in total. The largest absolute Gasteiger partial charge is 0.480 e. The van der Waals surface area contributed by atoms with Gasteiger partial charge in [-0.05, 0) is 27.2 Å². The number of carboxylic acid groups (broad SMARTS) is 1. The van der Waals surface area contributed by atoms with Crippen LogP contribution in [-0.4, -0.2) is 22.7 Å². The van der Waals surface area contributed by atoms with Crippen molar-refractivity contribution in [3.63, 3.8) is 0 Å². The lowest BCUT2D eigenvalue weighted by Crippen LogP contribution is -2.41. The number of hydrogen-bond acceptors (Lipinski definition) is 3. The second-order valence-corrected chi connectivity index (χ2v) is 4.37. The molecule has 0 aliphatic rings. The summed E-state index contributed by atoms with van der Waals surface area (Å²) in [5, 5.41) is 8.85. The zero-order chi connectivity index (χ0) is 11.2. The van der Waals surface area contributed by atoms with Gasteiger partial charge in [0.2, 0.25) is 0 Å². The Morgan fingerprint density at radius 3 is 2.43 bits per heavy atom. The Labute approximate surface area is 85.6 Å². The Bertz CT molecular complexity index is 175. The minimum Gasteiger partial charge on any atom is -0.480 e. The molecule has 0 aliphatic carbocycles. The van der Waals surface area contributed by atoms with Crippen LogP contribution in [0, 0.1) is 0 Å². The first kappa shape index (κ1) is 13.4. The molecule has 0 spiro atoms. The molecule has 0 unspecified atom stereocenters. The predicted molar refractivity (Wildman–Crippen MR) is 54.9 cm³/mol. The van der Waals surface area contributed by atoms with Gasteiger partial charge in [-0.15, -0.1) is 0 Å². The number of hydroxylamine groups is 1. The number of unbranched alkanes of at least 4 members (excludes halogenated alkanes) is 1. The van der Waals surface area contributed by atoms with Crippen LogP contribution < -0.4 is 5.48 Å². The third kappa shape index (κ3) is 6.86. The van der Waals surface area contributed by atoms with Crippen molar-refractivity contribution in [1.29, 1.82) is 0 Å². The maximum Gasteiger partial charge on any atom is 0.323 e. The molecule has 84 valence electrons. The number of rotatable bonds is 6. The monoisotopic (exact) mass is 203 g/mol. The molecule has 0 aromatic heterocycles. The quantitative estimate of drug-likeness (QED) is 0.648. The zero-order valence-corrected chi connectivity index (χ0v) is 9.46. The zero-order valence-electron chi connectivity index (χ0n) is 9.46. The van der Waals surface area contributed by atoms with Crippen molar-refractivity contribution < 1.29 is 14.7 Å². The van der Waals surface area contributed by atoms with Crippen molar-refractivity contribution in [2.24, 2.45) is 0 Å². The fourth-order valence-corrected chi connectivity index (χ4v) is 0.889. The molecule has 0 radical (unpaired) electrons. The lowest BCUT2D eigenvalue weighted by Gasteiger charge is -2.22. The summed E-state index contributed by atoms with van der Waals surface area (Å²) in [5.74, 6) is -0.859. The highest BCUT2D eigenvalue weighted by Crippen LogP contribution is 2.07. The average Bonchev–Trinajstić information content (AvgIpc) is 2.01. The molecule has 0 saturated carbocycles. The van der Waals surface area contributed by atoms with Gasteiger partial charge in [-0.2, -0.15) is 5.48 Å². The molecule has 4 heteroatoms. The van der Waals surface area contributed by atoms with Gasteiger partial charge >= 0.3 is 5.97 Å². The molecule has 0 amide bonds. The van der Waals surface area contributed by atoms with Gasteiger partial charge in [0.25, 0.3) is 0 Å². The summed E-state index contributed by atoms with van der Waals surface area (Å²) in [6, 6.07) is -0.603. The summed E-state index contributed by atoms with van der Waals surface area (Å²) in [4.78, 5) is 16.0. The predicted octanol–water partition coefficient (Wildman–Crippen LogP) is 1.95. The smallest absolute Gasteiger partial charge is 0.323 e. The first-order valence-electron chi connectivity index (χ1n) is 5.03. The average molecular weight is 203 g/mol. The van der Waals surface area contributed by atoms with E-state index in [4.69, 9.17) is 9.94 Å². The van der Waals surface area contributed by atoms with Crippen molar-refractivity contribution in [1.82, 2.24) is 5.48 Å². The van der Waals surface area contributed by atoms with Crippen LogP contribution in [0.15, 0.2) is 0 Å². The number of hydrogen-bond donors (Lipinski definition) is 2. The van der Waals surface area contributed by atoms with Crippen LogP contribution >= 0.6 is 0 Å². The van der Waals surface area contributed by atoms with Gasteiger partial charge in [-0.1, -0.05) is 19.8 Å². The van der Waals surface area contributed by atoms with E-state index in [1.807, 2.05) is 27.7 Å². The second kappa shape index (κ2) is 5.98. The first-order valence-corrected chi connectivity index (χ1v) is 5.03. The Kier molecular flexibility index (Phi) is 5.72. The molecule has 0 aromatic rings. The molecule has 0 aliphatic heterocycles. The topological polar surface area (TPSA) is 58.6 Å². The lowest BCUT2D eigenvalue weighted by molar-refractivity contribution is -0.150. The highest BCUT2D eigenvalue weighted by Gasteiger charge is 2.19. The van der Waals surface area contributed by atoms with Crippen LogP contribution in [0.3, 0.4) is 0 Å². The third-order valence-electron chi connectivity index (χ3n) is 1.65. The van der Waals surface area contributed by atoms with Crippen LogP contribution in [0.1, 0.15) is 47.0 Å². The van der Waals surface area contributed by atoms with E-state index < -0.39 is 12.0 Å². The molecular weight excluding hydrogens is 182 g/mol. The van der Waals surface area contributed by atoms with E-state index in [-0.39, 0.29) is 5.60 Å². The maximum atomic E-state index is 10.8. The van der Waals surface area contributed by atoms with Gasteiger partial charge in [0.15, 0.2) is 0 Å². The molecule has 0 aromatic carbocycles. The minimum atomic E-state index is -0.859. The van der Waals surface area contributed by atoms with E-state index in [0.717, 1.165) is 12.8 Å². The van der Waals surface area contributed by atoms with Gasteiger partial charge in [0.05, 0.1) is 5.60 Å². The third-order valence-corrected chi connectivity index (χ3v) is 1.65. The van der Waals surface area contributed by atoms with Crippen LogP contribution in [0.25, 0.3) is 0 Å². The van der Waals surface area contributed by atoms with E-state index in [2.05, 4.69) is 5.48 Å². The molecule has 0 saturated heterocycles. The van der Waals surface area contributed by atoms with Gasteiger partial charge < -0.3 is 5.11 Å². The molecule has 0 bridgehead atoms. The van der Waals surface area contributed by atoms with Gasteiger partial charge in [-0.3, -0.25) is 9.63 Å². The minimum absolute atomic E-state index is 0.361. The Hall–Kier alpha value is -0.610. The van der Waals surface area contributed by atoms with Crippen molar-refractivity contribution >= 4 is 5.97 Å². The van der Waals surface area contributed by atoms with Gasteiger partial charge in [0.1, 0.15) is 6.04 Å². The number of carbonyl (C=O) groups is 1. The highest BCUT2D eigenvalue weighted by molar-refractivity contribution is 5.73. The molecule has 0 heterocycles. The Balaban J connectivity index is 3.91. The lowest BCUT2D eigenvalue weighted by atomic mass is 10.1. The summed E-state index contributed by atoms with van der Waals surface area (Å²) in [7, 11) is 0. The molecular formula is C10H21NO3. The molecule has 1 atom stereocenters. The van der Waals surface area contributed by atoms with Crippen molar-refractivity contribution in [2.75, 3.05) is 0 Å². The maximum absolute atomic E-state index is 10.8. The SMILES string of the molecule is CCCC[C@H](NOC(C)(C)C)C(=O)O. The van der Waals surface area contributed by atoms with Crippen LogP contribution in [0.5, 0.6) is 0 Å². The van der Waals surface area contributed by atoms with Crippen LogP contribution in [0.4, 0.5) is 0 Å². The number of nitrogens with one attached hydrogen (secondary N) is 1.